The van der Waals surface area contributed by atoms with Crippen molar-refractivity contribution in [2.45, 2.75) is 51.0 Å². The minimum Gasteiger partial charge on any atom is -0.388 e. The van der Waals surface area contributed by atoms with Crippen LogP contribution < -0.4 is 0 Å². The van der Waals surface area contributed by atoms with Crippen LogP contribution in [0, 0.1) is 0 Å². The zero-order valence-corrected chi connectivity index (χ0v) is 13.1. The Morgan fingerprint density at radius 3 is 2.33 bits per heavy atom. The lowest BCUT2D eigenvalue weighted by atomic mass is 9.85. The van der Waals surface area contributed by atoms with Crippen LogP contribution in [0.5, 0.6) is 0 Å². The Kier molecular flexibility index (Phi) is 3.62. The summed E-state index contributed by atoms with van der Waals surface area (Å²) in [6, 6.07) is 17.0. The van der Waals surface area contributed by atoms with Crippen molar-refractivity contribution in [3.8, 4) is 0 Å². The van der Waals surface area contributed by atoms with Crippen LogP contribution >= 0.6 is 0 Å². The zero-order chi connectivity index (χ0) is 15.0. The van der Waals surface area contributed by atoms with Gasteiger partial charge in [0.25, 0.3) is 0 Å². The minimum atomic E-state index is -0.400. The maximum absolute atomic E-state index is 10.8. The van der Waals surface area contributed by atoms with Crippen molar-refractivity contribution >= 4 is 0 Å². The van der Waals surface area contributed by atoms with E-state index < -0.39 is 6.10 Å². The summed E-state index contributed by atoms with van der Waals surface area (Å²) in [5.74, 6) is 0.238. The Bertz CT molecular complexity index is 619. The van der Waals surface area contributed by atoms with E-state index in [2.05, 4.69) is 69.3 Å². The van der Waals surface area contributed by atoms with Gasteiger partial charge in [-0.3, -0.25) is 0 Å². The van der Waals surface area contributed by atoms with Gasteiger partial charge in [-0.15, -0.1) is 0 Å². The molecule has 0 spiro atoms. The summed E-state index contributed by atoms with van der Waals surface area (Å²) >= 11 is 0. The SMILES string of the molecule is CC(C)(C)c1ccc(C(O)C2CCc3ccccc32)cc1. The van der Waals surface area contributed by atoms with Crippen molar-refractivity contribution in [3.63, 3.8) is 0 Å². The van der Waals surface area contributed by atoms with Crippen LogP contribution in [0.25, 0.3) is 0 Å². The summed E-state index contributed by atoms with van der Waals surface area (Å²) in [4.78, 5) is 0. The number of hydrogen-bond acceptors (Lipinski definition) is 1. The molecule has 2 aromatic carbocycles. The normalized spacial score (nSPS) is 19.3. The third-order valence-electron chi connectivity index (χ3n) is 4.68. The second-order valence-electron chi connectivity index (χ2n) is 7.16. The molecule has 110 valence electrons. The van der Waals surface area contributed by atoms with Crippen molar-refractivity contribution in [2.24, 2.45) is 0 Å². The predicted molar refractivity (Wildman–Crippen MR) is 87.6 cm³/mol. The number of fused-ring (bicyclic) bond motifs is 1. The van der Waals surface area contributed by atoms with Gasteiger partial charge in [0.2, 0.25) is 0 Å². The third-order valence-corrected chi connectivity index (χ3v) is 4.68. The lowest BCUT2D eigenvalue weighted by Gasteiger charge is -2.22. The van der Waals surface area contributed by atoms with Crippen LogP contribution in [0.15, 0.2) is 48.5 Å². The van der Waals surface area contributed by atoms with Crippen LogP contribution in [0.1, 0.15) is 61.5 Å². The monoisotopic (exact) mass is 280 g/mol. The fourth-order valence-electron chi connectivity index (χ4n) is 3.33. The molecule has 1 N–H and O–H groups in total. The second kappa shape index (κ2) is 5.31. The van der Waals surface area contributed by atoms with Crippen molar-refractivity contribution in [2.75, 3.05) is 0 Å². The highest BCUT2D eigenvalue weighted by molar-refractivity contribution is 5.38. The molecule has 0 heterocycles. The third kappa shape index (κ3) is 2.75. The van der Waals surface area contributed by atoms with Gasteiger partial charge >= 0.3 is 0 Å². The molecular weight excluding hydrogens is 256 g/mol. The Hall–Kier alpha value is -1.60. The summed E-state index contributed by atoms with van der Waals surface area (Å²) in [7, 11) is 0. The smallest absolute Gasteiger partial charge is 0.0858 e. The molecule has 2 atom stereocenters. The van der Waals surface area contributed by atoms with E-state index >= 15 is 0 Å². The molecule has 1 heteroatoms. The molecule has 0 saturated heterocycles. The molecule has 0 radical (unpaired) electrons. The predicted octanol–water partition coefficient (Wildman–Crippen LogP) is 4.75. The van der Waals surface area contributed by atoms with E-state index in [4.69, 9.17) is 0 Å². The zero-order valence-electron chi connectivity index (χ0n) is 13.1. The number of aliphatic hydroxyl groups excluding tert-OH is 1. The molecular formula is C20H24O. The highest BCUT2D eigenvalue weighted by Gasteiger charge is 2.29. The van der Waals surface area contributed by atoms with Gasteiger partial charge in [0.05, 0.1) is 6.10 Å². The molecule has 3 rings (SSSR count). The molecule has 1 nitrogen and oxygen atoms in total. The molecule has 0 aliphatic heterocycles. The molecule has 2 aromatic rings. The maximum Gasteiger partial charge on any atom is 0.0858 e. The number of aryl methyl sites for hydroxylation is 1. The summed E-state index contributed by atoms with van der Waals surface area (Å²) in [5, 5.41) is 10.8. The molecule has 2 unspecified atom stereocenters. The van der Waals surface area contributed by atoms with Crippen LogP contribution in [-0.2, 0) is 11.8 Å². The summed E-state index contributed by atoms with van der Waals surface area (Å²) in [5.41, 5.74) is 5.22. The first-order valence-corrected chi connectivity index (χ1v) is 7.83. The highest BCUT2D eigenvalue weighted by Crippen LogP contribution is 2.41. The fraction of sp³-hybridized carbons (Fsp3) is 0.400. The van der Waals surface area contributed by atoms with Gasteiger partial charge in [0, 0.05) is 5.92 Å². The molecule has 0 aromatic heterocycles. The van der Waals surface area contributed by atoms with Gasteiger partial charge in [-0.25, -0.2) is 0 Å². The van der Waals surface area contributed by atoms with E-state index in [1.807, 2.05) is 0 Å². The number of benzene rings is 2. The van der Waals surface area contributed by atoms with E-state index in [0.717, 1.165) is 18.4 Å². The standard InChI is InChI=1S/C20H24O/c1-20(2,3)16-11-8-15(9-12-16)19(21)18-13-10-14-6-4-5-7-17(14)18/h4-9,11-12,18-19,21H,10,13H2,1-3H3. The van der Waals surface area contributed by atoms with Gasteiger partial charge in [-0.1, -0.05) is 69.3 Å². The van der Waals surface area contributed by atoms with E-state index in [1.165, 1.54) is 16.7 Å². The molecule has 0 fully saturated rings. The fourth-order valence-corrected chi connectivity index (χ4v) is 3.33. The van der Waals surface area contributed by atoms with Gasteiger partial charge in [0.1, 0.15) is 0 Å². The molecule has 21 heavy (non-hydrogen) atoms. The average molecular weight is 280 g/mol. The van der Waals surface area contributed by atoms with Gasteiger partial charge < -0.3 is 5.11 Å². The first kappa shape index (κ1) is 14.3. The van der Waals surface area contributed by atoms with Crippen molar-refractivity contribution in [3.05, 3.63) is 70.8 Å². The summed E-state index contributed by atoms with van der Waals surface area (Å²) in [6.07, 6.45) is 1.72. The first-order valence-electron chi connectivity index (χ1n) is 7.83. The van der Waals surface area contributed by atoms with E-state index in [1.54, 1.807) is 0 Å². The number of hydrogen-bond donors (Lipinski definition) is 1. The van der Waals surface area contributed by atoms with Crippen molar-refractivity contribution < 1.29 is 5.11 Å². The number of rotatable bonds is 2. The second-order valence-corrected chi connectivity index (χ2v) is 7.16. The van der Waals surface area contributed by atoms with Gasteiger partial charge in [-0.05, 0) is 40.5 Å². The van der Waals surface area contributed by atoms with Crippen LogP contribution in [0.2, 0.25) is 0 Å². The Morgan fingerprint density at radius 1 is 1.00 bits per heavy atom. The molecule has 1 aliphatic rings. The summed E-state index contributed by atoms with van der Waals surface area (Å²) < 4.78 is 0. The topological polar surface area (TPSA) is 20.2 Å². The highest BCUT2D eigenvalue weighted by atomic mass is 16.3. The quantitative estimate of drug-likeness (QED) is 0.842. The van der Waals surface area contributed by atoms with E-state index in [-0.39, 0.29) is 11.3 Å². The van der Waals surface area contributed by atoms with E-state index in [0.29, 0.717) is 0 Å². The maximum atomic E-state index is 10.8. The van der Waals surface area contributed by atoms with E-state index in [9.17, 15) is 5.11 Å². The van der Waals surface area contributed by atoms with Gasteiger partial charge in [-0.2, -0.15) is 0 Å². The average Bonchev–Trinajstić information content (AvgIpc) is 2.90. The first-order chi connectivity index (χ1) is 9.97. The lowest BCUT2D eigenvalue weighted by molar-refractivity contribution is 0.145. The molecule has 0 bridgehead atoms. The van der Waals surface area contributed by atoms with Crippen LogP contribution in [0.4, 0.5) is 0 Å². The summed E-state index contributed by atoms with van der Waals surface area (Å²) in [6.45, 7) is 6.64. The Morgan fingerprint density at radius 2 is 1.67 bits per heavy atom. The minimum absolute atomic E-state index is 0.156. The Labute approximate surface area is 127 Å². The molecule has 0 amide bonds. The number of aliphatic hydroxyl groups is 1. The van der Waals surface area contributed by atoms with Gasteiger partial charge in [0.15, 0.2) is 0 Å². The molecule has 0 saturated carbocycles. The van der Waals surface area contributed by atoms with Crippen LogP contribution in [-0.4, -0.2) is 5.11 Å². The Balaban J connectivity index is 1.85. The lowest BCUT2D eigenvalue weighted by Crippen LogP contribution is -2.12. The largest absolute Gasteiger partial charge is 0.388 e. The molecule has 1 aliphatic carbocycles. The van der Waals surface area contributed by atoms with Crippen molar-refractivity contribution in [1.82, 2.24) is 0 Å². The van der Waals surface area contributed by atoms with Crippen LogP contribution in [0.3, 0.4) is 0 Å². The van der Waals surface area contributed by atoms with Crippen molar-refractivity contribution in [1.29, 1.82) is 0 Å².